The third-order valence-corrected chi connectivity index (χ3v) is 4.80. The van der Waals surface area contributed by atoms with E-state index in [1.165, 1.54) is 4.90 Å². The van der Waals surface area contributed by atoms with Gasteiger partial charge in [-0.25, -0.2) is 4.79 Å². The second-order valence-corrected chi connectivity index (χ2v) is 5.82. The standard InChI is InChI=1S/C17H19N5O2/c1-3-14-13-8-22(16(23)24-4-2)6-5-11(13)12(7-18)15(21)17(14,9-19)10-20/h5,13-14H,3-4,6,8,21H2,1-2H3/t13-,14-/m0/s1. The Kier molecular flexibility index (Phi) is 4.81. The third-order valence-electron chi connectivity index (χ3n) is 4.80. The van der Waals surface area contributed by atoms with Gasteiger partial charge in [0, 0.05) is 24.9 Å². The van der Waals surface area contributed by atoms with Crippen molar-refractivity contribution in [3.05, 3.63) is 22.9 Å². The van der Waals surface area contributed by atoms with Crippen molar-refractivity contribution < 1.29 is 9.53 Å². The van der Waals surface area contributed by atoms with Gasteiger partial charge in [0.2, 0.25) is 0 Å². The van der Waals surface area contributed by atoms with Gasteiger partial charge in [0.25, 0.3) is 0 Å². The van der Waals surface area contributed by atoms with E-state index in [-0.39, 0.29) is 23.8 Å². The van der Waals surface area contributed by atoms with Gasteiger partial charge in [-0.3, -0.25) is 0 Å². The molecular formula is C17H19N5O2. The van der Waals surface area contributed by atoms with Crippen LogP contribution in [0.15, 0.2) is 22.9 Å². The molecular weight excluding hydrogens is 306 g/mol. The highest BCUT2D eigenvalue weighted by Gasteiger charge is 2.53. The summed E-state index contributed by atoms with van der Waals surface area (Å²) in [6.07, 6.45) is 1.86. The molecule has 0 saturated carbocycles. The zero-order chi connectivity index (χ0) is 17.9. The smallest absolute Gasteiger partial charge is 0.410 e. The van der Waals surface area contributed by atoms with Crippen molar-refractivity contribution in [3.8, 4) is 18.2 Å². The molecule has 0 aromatic rings. The molecule has 1 aliphatic carbocycles. The molecule has 124 valence electrons. The third kappa shape index (κ3) is 2.37. The Morgan fingerprint density at radius 1 is 1.42 bits per heavy atom. The van der Waals surface area contributed by atoms with Crippen LogP contribution in [0.25, 0.3) is 0 Å². The molecule has 0 bridgehead atoms. The summed E-state index contributed by atoms with van der Waals surface area (Å²) < 4.78 is 5.03. The van der Waals surface area contributed by atoms with Crippen molar-refractivity contribution in [2.75, 3.05) is 19.7 Å². The molecule has 2 atom stereocenters. The SMILES string of the molecule is CCOC(=O)N1CC=C2C(C#N)=C(N)C(C#N)(C#N)[C@@H](CC)[C@H]2C1. The van der Waals surface area contributed by atoms with E-state index in [9.17, 15) is 20.6 Å². The number of rotatable bonds is 2. The summed E-state index contributed by atoms with van der Waals surface area (Å²) in [4.78, 5) is 13.6. The van der Waals surface area contributed by atoms with Crippen LogP contribution in [0.3, 0.4) is 0 Å². The minimum Gasteiger partial charge on any atom is -0.450 e. The molecule has 0 aromatic heterocycles. The number of carbonyl (C=O) groups excluding carboxylic acids is 1. The molecule has 0 fully saturated rings. The Bertz CT molecular complexity index is 718. The van der Waals surface area contributed by atoms with Gasteiger partial charge in [-0.05, 0) is 18.9 Å². The van der Waals surface area contributed by atoms with Crippen molar-refractivity contribution in [1.29, 1.82) is 15.8 Å². The summed E-state index contributed by atoms with van der Waals surface area (Å²) in [5.74, 6) is -0.692. The number of nitrogens with zero attached hydrogens (tertiary/aromatic N) is 4. The lowest BCUT2D eigenvalue weighted by molar-refractivity contribution is 0.0934. The number of nitriles is 3. The molecule has 0 aromatic carbocycles. The topological polar surface area (TPSA) is 127 Å². The molecule has 0 radical (unpaired) electrons. The number of ether oxygens (including phenoxy) is 1. The molecule has 2 aliphatic rings. The van der Waals surface area contributed by atoms with E-state index in [0.29, 0.717) is 19.5 Å². The van der Waals surface area contributed by atoms with Crippen LogP contribution in [0, 0.1) is 51.2 Å². The first-order valence-electron chi connectivity index (χ1n) is 7.85. The molecule has 1 heterocycles. The summed E-state index contributed by atoms with van der Waals surface area (Å²) in [5, 5.41) is 28.8. The summed E-state index contributed by atoms with van der Waals surface area (Å²) >= 11 is 0. The summed E-state index contributed by atoms with van der Waals surface area (Å²) in [6.45, 7) is 4.48. The largest absolute Gasteiger partial charge is 0.450 e. The zero-order valence-corrected chi connectivity index (χ0v) is 13.7. The molecule has 0 saturated heterocycles. The molecule has 2 rings (SSSR count). The average Bonchev–Trinajstić information content (AvgIpc) is 2.60. The first-order chi connectivity index (χ1) is 11.5. The Balaban J connectivity index is 2.57. The molecule has 0 spiro atoms. The van der Waals surface area contributed by atoms with E-state index in [2.05, 4.69) is 0 Å². The fourth-order valence-electron chi connectivity index (χ4n) is 3.65. The first kappa shape index (κ1) is 17.4. The highest BCUT2D eigenvalue weighted by molar-refractivity contribution is 5.69. The number of allylic oxidation sites excluding steroid dienone is 2. The van der Waals surface area contributed by atoms with Gasteiger partial charge in [-0.2, -0.15) is 15.8 Å². The maximum atomic E-state index is 12.0. The predicted molar refractivity (Wildman–Crippen MR) is 84.4 cm³/mol. The molecule has 1 amide bonds. The molecule has 7 heteroatoms. The number of fused-ring (bicyclic) bond motifs is 1. The van der Waals surface area contributed by atoms with Crippen molar-refractivity contribution in [2.45, 2.75) is 20.3 Å². The lowest BCUT2D eigenvalue weighted by atomic mass is 9.59. The van der Waals surface area contributed by atoms with Crippen LogP contribution in [0.4, 0.5) is 4.79 Å². The van der Waals surface area contributed by atoms with Crippen molar-refractivity contribution >= 4 is 6.09 Å². The second kappa shape index (κ2) is 6.64. The Morgan fingerprint density at radius 2 is 2.08 bits per heavy atom. The summed E-state index contributed by atoms with van der Waals surface area (Å²) in [6, 6.07) is 6.09. The second-order valence-electron chi connectivity index (χ2n) is 5.82. The summed E-state index contributed by atoms with van der Waals surface area (Å²) in [5.41, 5.74) is 5.45. The monoisotopic (exact) mass is 325 g/mol. The minimum absolute atomic E-state index is 0.0222. The number of amides is 1. The highest BCUT2D eigenvalue weighted by Crippen LogP contribution is 2.50. The van der Waals surface area contributed by atoms with E-state index < -0.39 is 17.4 Å². The average molecular weight is 325 g/mol. The maximum absolute atomic E-state index is 12.0. The van der Waals surface area contributed by atoms with Crippen molar-refractivity contribution in [2.24, 2.45) is 23.0 Å². The lowest BCUT2D eigenvalue weighted by Crippen LogP contribution is -2.50. The summed E-state index contributed by atoms with van der Waals surface area (Å²) in [7, 11) is 0. The van der Waals surface area contributed by atoms with Crippen LogP contribution in [0.1, 0.15) is 20.3 Å². The van der Waals surface area contributed by atoms with Gasteiger partial charge in [-0.1, -0.05) is 13.0 Å². The molecule has 2 N–H and O–H groups in total. The number of carbonyl (C=O) groups is 1. The van der Waals surface area contributed by atoms with Gasteiger partial charge < -0.3 is 15.4 Å². The first-order valence-corrected chi connectivity index (χ1v) is 7.85. The van der Waals surface area contributed by atoms with E-state index in [1.54, 1.807) is 13.0 Å². The van der Waals surface area contributed by atoms with E-state index in [4.69, 9.17) is 10.5 Å². The number of hydrogen-bond donors (Lipinski definition) is 1. The van der Waals surface area contributed by atoms with Crippen molar-refractivity contribution in [3.63, 3.8) is 0 Å². The maximum Gasteiger partial charge on any atom is 0.410 e. The fraction of sp³-hybridized carbons (Fsp3) is 0.529. The quantitative estimate of drug-likeness (QED) is 0.824. The molecule has 7 nitrogen and oxygen atoms in total. The van der Waals surface area contributed by atoms with Crippen molar-refractivity contribution in [1.82, 2.24) is 4.90 Å². The minimum atomic E-state index is -1.56. The van der Waals surface area contributed by atoms with Crippen LogP contribution in [0.2, 0.25) is 0 Å². The normalized spacial score (nSPS) is 24.8. The Morgan fingerprint density at radius 3 is 2.58 bits per heavy atom. The van der Waals surface area contributed by atoms with Crippen LogP contribution in [0.5, 0.6) is 0 Å². The van der Waals surface area contributed by atoms with Crippen LogP contribution in [-0.2, 0) is 4.74 Å². The lowest BCUT2D eigenvalue weighted by Gasteiger charge is -2.44. The number of nitrogens with two attached hydrogens (primary N) is 1. The van der Waals surface area contributed by atoms with Gasteiger partial charge in [0.15, 0.2) is 5.41 Å². The van der Waals surface area contributed by atoms with Crippen LogP contribution in [-0.4, -0.2) is 30.7 Å². The van der Waals surface area contributed by atoms with Crippen LogP contribution < -0.4 is 5.73 Å². The highest BCUT2D eigenvalue weighted by atomic mass is 16.6. The molecule has 0 unspecified atom stereocenters. The number of hydrogen-bond acceptors (Lipinski definition) is 6. The van der Waals surface area contributed by atoms with E-state index in [1.807, 2.05) is 25.1 Å². The molecule has 24 heavy (non-hydrogen) atoms. The zero-order valence-electron chi connectivity index (χ0n) is 13.7. The van der Waals surface area contributed by atoms with Gasteiger partial charge >= 0.3 is 6.09 Å². The Labute approximate surface area is 141 Å². The van der Waals surface area contributed by atoms with Gasteiger partial charge in [0.1, 0.15) is 6.07 Å². The van der Waals surface area contributed by atoms with E-state index >= 15 is 0 Å². The molecule has 1 aliphatic heterocycles. The van der Waals surface area contributed by atoms with Gasteiger partial charge in [0.05, 0.1) is 30.0 Å². The Hall–Kier alpha value is -2.98. The van der Waals surface area contributed by atoms with Gasteiger partial charge in [-0.15, -0.1) is 0 Å². The predicted octanol–water partition coefficient (Wildman–Crippen LogP) is 1.81. The van der Waals surface area contributed by atoms with Crippen LogP contribution >= 0.6 is 0 Å². The van der Waals surface area contributed by atoms with E-state index in [0.717, 1.165) is 5.57 Å². The fourth-order valence-corrected chi connectivity index (χ4v) is 3.65.